The number of nitriles is 1. The number of nitrogens with two attached hydrogens (primary N) is 1. The van der Waals surface area contributed by atoms with Crippen LogP contribution in [0.4, 0.5) is 0 Å². The maximum absolute atomic E-state index is 9.48. The molecule has 0 unspecified atom stereocenters. The number of allylic oxidation sites excluding steroid dienone is 1. The van der Waals surface area contributed by atoms with Gasteiger partial charge in [-0.2, -0.15) is 5.26 Å². The number of hydrogen-bond acceptors (Lipinski definition) is 5. The van der Waals surface area contributed by atoms with E-state index in [2.05, 4.69) is 16.3 Å². The van der Waals surface area contributed by atoms with E-state index in [4.69, 9.17) is 26.8 Å². The molecular weight excluding hydrogens is 304 g/mol. The highest BCUT2D eigenvalue weighted by molar-refractivity contribution is 6.30. The summed E-state index contributed by atoms with van der Waals surface area (Å²) in [4.78, 5) is 0. The van der Waals surface area contributed by atoms with Gasteiger partial charge in [0.15, 0.2) is 0 Å². The van der Waals surface area contributed by atoms with Crippen molar-refractivity contribution in [2.75, 3.05) is 7.11 Å². The Balaban J connectivity index is 2.19. The lowest BCUT2D eigenvalue weighted by Crippen LogP contribution is -2.21. The monoisotopic (exact) mass is 316 g/mol. The standard InChI is InChI=1S/C15H13ClN4O2/c1-21-7-11-13-12(8-2-4-9(16)5-3-8)10(6-17)14(18)22-15(13)20-19-11/h2-5,12H,7,18H2,1H3,(H,19,20)/t12-/m1/s1. The van der Waals surface area contributed by atoms with Crippen molar-refractivity contribution in [2.24, 2.45) is 5.73 Å². The van der Waals surface area contributed by atoms with Crippen LogP contribution in [-0.4, -0.2) is 17.3 Å². The van der Waals surface area contributed by atoms with Crippen molar-refractivity contribution in [1.82, 2.24) is 10.2 Å². The number of fused-ring (bicyclic) bond motifs is 1. The topological polar surface area (TPSA) is 97.0 Å². The minimum absolute atomic E-state index is 0.0606. The highest BCUT2D eigenvalue weighted by Gasteiger charge is 2.35. The van der Waals surface area contributed by atoms with Crippen LogP contribution in [0.5, 0.6) is 5.88 Å². The van der Waals surface area contributed by atoms with Crippen molar-refractivity contribution < 1.29 is 9.47 Å². The van der Waals surface area contributed by atoms with Crippen LogP contribution in [-0.2, 0) is 11.3 Å². The molecule has 1 aromatic heterocycles. The molecule has 6 nitrogen and oxygen atoms in total. The molecule has 2 heterocycles. The van der Waals surface area contributed by atoms with Gasteiger partial charge in [0.2, 0.25) is 11.8 Å². The van der Waals surface area contributed by atoms with Gasteiger partial charge in [-0.05, 0) is 17.7 Å². The van der Waals surface area contributed by atoms with Gasteiger partial charge in [-0.3, -0.25) is 5.10 Å². The van der Waals surface area contributed by atoms with Crippen LogP contribution in [0.2, 0.25) is 5.02 Å². The molecule has 7 heteroatoms. The molecule has 2 aromatic rings. The number of nitrogens with zero attached hydrogens (tertiary/aromatic N) is 2. The third kappa shape index (κ3) is 2.30. The Hall–Kier alpha value is -2.49. The van der Waals surface area contributed by atoms with Crippen LogP contribution in [0.3, 0.4) is 0 Å². The van der Waals surface area contributed by atoms with E-state index < -0.39 is 0 Å². The summed E-state index contributed by atoms with van der Waals surface area (Å²) in [5.41, 5.74) is 8.60. The van der Waals surface area contributed by atoms with Crippen LogP contribution in [0, 0.1) is 11.3 Å². The summed E-state index contributed by atoms with van der Waals surface area (Å²) in [6, 6.07) is 9.39. The predicted molar refractivity (Wildman–Crippen MR) is 80.1 cm³/mol. The van der Waals surface area contributed by atoms with E-state index in [-0.39, 0.29) is 11.8 Å². The lowest BCUT2D eigenvalue weighted by Gasteiger charge is -2.24. The Morgan fingerprint density at radius 1 is 1.45 bits per heavy atom. The lowest BCUT2D eigenvalue weighted by molar-refractivity contribution is 0.180. The van der Waals surface area contributed by atoms with Gasteiger partial charge in [0.25, 0.3) is 0 Å². The first-order chi connectivity index (χ1) is 10.7. The summed E-state index contributed by atoms with van der Waals surface area (Å²) in [5.74, 6) is 0.0591. The van der Waals surface area contributed by atoms with Crippen molar-refractivity contribution in [1.29, 1.82) is 5.26 Å². The smallest absolute Gasteiger partial charge is 0.244 e. The van der Waals surface area contributed by atoms with Crippen molar-refractivity contribution in [3.63, 3.8) is 0 Å². The molecule has 1 aliphatic heterocycles. The third-order valence-electron chi connectivity index (χ3n) is 3.51. The molecule has 0 fully saturated rings. The summed E-state index contributed by atoms with van der Waals surface area (Å²) in [5, 5.41) is 17.1. The Bertz CT molecular complexity index is 774. The molecule has 0 bridgehead atoms. The second-order valence-electron chi connectivity index (χ2n) is 4.83. The van der Waals surface area contributed by atoms with Gasteiger partial charge in [-0.25, -0.2) is 0 Å². The van der Waals surface area contributed by atoms with E-state index in [1.807, 2.05) is 12.1 Å². The van der Waals surface area contributed by atoms with Gasteiger partial charge in [0.1, 0.15) is 11.6 Å². The van der Waals surface area contributed by atoms with E-state index >= 15 is 0 Å². The van der Waals surface area contributed by atoms with E-state index in [9.17, 15) is 5.26 Å². The van der Waals surface area contributed by atoms with E-state index in [1.54, 1.807) is 19.2 Å². The first-order valence-corrected chi connectivity index (χ1v) is 6.92. The van der Waals surface area contributed by atoms with Crippen LogP contribution >= 0.6 is 11.6 Å². The fourth-order valence-electron chi connectivity index (χ4n) is 2.55. The maximum Gasteiger partial charge on any atom is 0.244 e. The average molecular weight is 317 g/mol. The van der Waals surface area contributed by atoms with Gasteiger partial charge in [0, 0.05) is 12.1 Å². The molecule has 0 radical (unpaired) electrons. The Kier molecular flexibility index (Phi) is 3.75. The number of hydrogen-bond donors (Lipinski definition) is 2. The van der Waals surface area contributed by atoms with E-state index in [0.717, 1.165) is 16.8 Å². The quantitative estimate of drug-likeness (QED) is 0.906. The Morgan fingerprint density at radius 2 is 2.18 bits per heavy atom. The molecule has 3 N–H and O–H groups in total. The summed E-state index contributed by atoms with van der Waals surface area (Å²) in [6.45, 7) is 0.328. The van der Waals surface area contributed by atoms with Crippen molar-refractivity contribution >= 4 is 11.6 Å². The zero-order valence-corrected chi connectivity index (χ0v) is 12.5. The molecule has 3 rings (SSSR count). The second-order valence-corrected chi connectivity index (χ2v) is 5.27. The van der Waals surface area contributed by atoms with Crippen molar-refractivity contribution in [2.45, 2.75) is 12.5 Å². The van der Waals surface area contributed by atoms with Crippen molar-refractivity contribution in [3.05, 3.63) is 57.6 Å². The van der Waals surface area contributed by atoms with Crippen LogP contribution in [0.25, 0.3) is 0 Å². The summed E-state index contributed by atoms with van der Waals surface area (Å²) >= 11 is 5.94. The largest absolute Gasteiger partial charge is 0.420 e. The van der Waals surface area contributed by atoms with Crippen molar-refractivity contribution in [3.8, 4) is 11.9 Å². The average Bonchev–Trinajstić information content (AvgIpc) is 2.90. The number of H-pyrrole nitrogens is 1. The van der Waals surface area contributed by atoms with Crippen LogP contribution < -0.4 is 10.5 Å². The first kappa shape index (κ1) is 14.4. The number of methoxy groups -OCH3 is 1. The van der Waals surface area contributed by atoms with Gasteiger partial charge >= 0.3 is 0 Å². The molecule has 1 atom stereocenters. The zero-order chi connectivity index (χ0) is 15.7. The molecule has 0 aliphatic carbocycles. The number of aromatic nitrogens is 2. The number of rotatable bonds is 3. The highest BCUT2D eigenvalue weighted by atomic mass is 35.5. The molecule has 0 saturated heterocycles. The maximum atomic E-state index is 9.48. The molecular formula is C15H13ClN4O2. The number of benzene rings is 1. The number of ether oxygens (including phenoxy) is 2. The minimum Gasteiger partial charge on any atom is -0.420 e. The summed E-state index contributed by atoms with van der Waals surface area (Å²) < 4.78 is 10.6. The zero-order valence-electron chi connectivity index (χ0n) is 11.8. The molecule has 0 saturated carbocycles. The van der Waals surface area contributed by atoms with Crippen LogP contribution in [0.15, 0.2) is 35.7 Å². The minimum atomic E-state index is -0.366. The summed E-state index contributed by atoms with van der Waals surface area (Å²) in [7, 11) is 1.59. The van der Waals surface area contributed by atoms with E-state index in [1.165, 1.54) is 0 Å². The predicted octanol–water partition coefficient (Wildman–Crippen LogP) is 2.43. The molecule has 0 amide bonds. The molecule has 1 aromatic carbocycles. The highest BCUT2D eigenvalue weighted by Crippen LogP contribution is 2.42. The van der Waals surface area contributed by atoms with Gasteiger partial charge < -0.3 is 15.2 Å². The number of nitrogens with one attached hydrogen (secondary N) is 1. The fourth-order valence-corrected chi connectivity index (χ4v) is 2.68. The lowest BCUT2D eigenvalue weighted by atomic mass is 9.84. The first-order valence-electron chi connectivity index (χ1n) is 6.54. The Labute approximate surface area is 132 Å². The second kappa shape index (κ2) is 5.72. The van der Waals surface area contributed by atoms with Crippen LogP contribution in [0.1, 0.15) is 22.7 Å². The molecule has 1 aliphatic rings. The van der Waals surface area contributed by atoms with Gasteiger partial charge in [-0.15, -0.1) is 5.10 Å². The summed E-state index contributed by atoms with van der Waals surface area (Å²) in [6.07, 6.45) is 0. The fraction of sp³-hybridized carbons (Fsp3) is 0.200. The molecule has 0 spiro atoms. The van der Waals surface area contributed by atoms with Gasteiger partial charge in [-0.1, -0.05) is 23.7 Å². The normalized spacial score (nSPS) is 16.9. The number of halogens is 1. The molecule has 112 valence electrons. The SMILES string of the molecule is COCc1[nH]nc2c1[C@H](c1ccc(Cl)cc1)C(C#N)=C(N)O2. The third-order valence-corrected chi connectivity index (χ3v) is 3.76. The Morgan fingerprint density at radius 3 is 2.82 bits per heavy atom. The molecule has 22 heavy (non-hydrogen) atoms. The number of aromatic amines is 1. The van der Waals surface area contributed by atoms with Gasteiger partial charge in [0.05, 0.1) is 23.8 Å². The van der Waals surface area contributed by atoms with E-state index in [0.29, 0.717) is 23.1 Å².